The minimum atomic E-state index is -0.846. The van der Waals surface area contributed by atoms with Gasteiger partial charge in [-0.15, -0.1) is 4.91 Å². The normalized spacial score (nSPS) is 12.7. The van der Waals surface area contributed by atoms with Gasteiger partial charge in [-0.25, -0.2) is 0 Å². The first-order chi connectivity index (χ1) is 12.0. The molecule has 0 saturated carbocycles. The van der Waals surface area contributed by atoms with E-state index in [0.717, 1.165) is 0 Å². The van der Waals surface area contributed by atoms with Crippen molar-refractivity contribution in [2.45, 2.75) is 19.9 Å². The Kier molecular flexibility index (Phi) is 5.67. The Hall–Kier alpha value is -3.42. The molecule has 0 radical (unpaired) electrons. The van der Waals surface area contributed by atoms with Crippen molar-refractivity contribution in [2.24, 2.45) is 20.8 Å². The van der Waals surface area contributed by atoms with Crippen molar-refractivity contribution in [1.82, 2.24) is 9.78 Å². The summed E-state index contributed by atoms with van der Waals surface area (Å²) in [5, 5.41) is 14.4. The molecule has 2 aromatic rings. The van der Waals surface area contributed by atoms with E-state index in [9.17, 15) is 9.70 Å². The van der Waals surface area contributed by atoms with E-state index in [1.807, 2.05) is 6.92 Å². The van der Waals surface area contributed by atoms with E-state index in [4.69, 9.17) is 11.1 Å². The summed E-state index contributed by atoms with van der Waals surface area (Å²) in [7, 11) is 0. The van der Waals surface area contributed by atoms with Crippen molar-refractivity contribution < 1.29 is 4.79 Å². The van der Waals surface area contributed by atoms with E-state index in [1.165, 1.54) is 12.3 Å². The standard InChI is InChI=1S/C14H15N9O2/c1-14(8-17-21-15,9-18-22-16)5-6-23-12-4-2-3-10(13(24)20-25)11(12)7-19-23/h2-4,7H,5-6,8-9H2,1H3. The molecule has 0 saturated heterocycles. The molecular formula is C14H15N9O2. The summed E-state index contributed by atoms with van der Waals surface area (Å²) >= 11 is 0. The summed E-state index contributed by atoms with van der Waals surface area (Å²) in [6, 6.07) is 4.95. The van der Waals surface area contributed by atoms with Gasteiger partial charge in [-0.2, -0.15) is 5.10 Å². The average molecular weight is 341 g/mol. The molecule has 0 aliphatic rings. The van der Waals surface area contributed by atoms with Crippen LogP contribution < -0.4 is 0 Å². The Balaban J connectivity index is 2.27. The van der Waals surface area contributed by atoms with Gasteiger partial charge >= 0.3 is 5.91 Å². The van der Waals surface area contributed by atoms with Gasteiger partial charge in [0.1, 0.15) is 0 Å². The fraction of sp³-hybridized carbons (Fsp3) is 0.429. The Morgan fingerprint density at radius 2 is 1.96 bits per heavy atom. The molecule has 0 N–H and O–H groups in total. The maximum Gasteiger partial charge on any atom is 0.317 e. The number of carbonyl (C=O) groups excluding carboxylic acids is 1. The monoisotopic (exact) mass is 341 g/mol. The van der Waals surface area contributed by atoms with Crippen LogP contribution in [0.2, 0.25) is 0 Å². The van der Waals surface area contributed by atoms with Crippen LogP contribution in [0.1, 0.15) is 23.7 Å². The molecule has 2 rings (SSSR count). The van der Waals surface area contributed by atoms with Crippen LogP contribution in [0, 0.1) is 10.3 Å². The minimum Gasteiger partial charge on any atom is -0.265 e. The van der Waals surface area contributed by atoms with Crippen LogP contribution >= 0.6 is 0 Å². The van der Waals surface area contributed by atoms with Gasteiger partial charge in [-0.3, -0.25) is 9.48 Å². The second-order valence-electron chi connectivity index (χ2n) is 5.84. The number of aryl methyl sites for hydroxylation is 1. The van der Waals surface area contributed by atoms with Crippen molar-refractivity contribution >= 4 is 16.8 Å². The van der Waals surface area contributed by atoms with Gasteiger partial charge in [-0.1, -0.05) is 23.2 Å². The molecule has 0 spiro atoms. The highest BCUT2D eigenvalue weighted by molar-refractivity contribution is 6.06. The second-order valence-corrected chi connectivity index (χ2v) is 5.84. The molecule has 0 fully saturated rings. The van der Waals surface area contributed by atoms with E-state index in [-0.39, 0.29) is 18.7 Å². The lowest BCUT2D eigenvalue weighted by Gasteiger charge is -2.25. The third kappa shape index (κ3) is 4.11. The van der Waals surface area contributed by atoms with Crippen molar-refractivity contribution in [3.8, 4) is 0 Å². The van der Waals surface area contributed by atoms with E-state index in [2.05, 4.69) is 30.3 Å². The SMILES string of the molecule is CC(CCn1ncc2c(C(=O)N=O)cccc21)(CN=[N+]=[N-])CN=[N+]=[N-]. The van der Waals surface area contributed by atoms with Gasteiger partial charge < -0.3 is 0 Å². The smallest absolute Gasteiger partial charge is 0.265 e. The zero-order valence-corrected chi connectivity index (χ0v) is 13.5. The number of hydrogen-bond acceptors (Lipinski definition) is 5. The van der Waals surface area contributed by atoms with Crippen LogP contribution in [-0.2, 0) is 6.54 Å². The summed E-state index contributed by atoms with van der Waals surface area (Å²) < 4.78 is 1.68. The highest BCUT2D eigenvalue weighted by atomic mass is 16.3. The van der Waals surface area contributed by atoms with E-state index in [1.54, 1.807) is 16.8 Å². The molecule has 0 bridgehead atoms. The Bertz CT molecular complexity index is 871. The van der Waals surface area contributed by atoms with Crippen molar-refractivity contribution in [3.63, 3.8) is 0 Å². The number of rotatable bonds is 8. The second kappa shape index (κ2) is 7.91. The predicted octanol–water partition coefficient (Wildman–Crippen LogP) is 3.96. The van der Waals surface area contributed by atoms with Crippen molar-refractivity contribution in [3.05, 3.63) is 55.8 Å². The van der Waals surface area contributed by atoms with Gasteiger partial charge in [-0.05, 0) is 35.0 Å². The van der Waals surface area contributed by atoms with Crippen LogP contribution in [0.3, 0.4) is 0 Å². The van der Waals surface area contributed by atoms with Gasteiger partial charge in [0.15, 0.2) is 0 Å². The topological polar surface area (TPSA) is 162 Å². The van der Waals surface area contributed by atoms with Gasteiger partial charge in [0.05, 0.1) is 17.3 Å². The molecule has 0 aliphatic heterocycles. The van der Waals surface area contributed by atoms with Crippen LogP contribution in [0.25, 0.3) is 31.8 Å². The van der Waals surface area contributed by atoms with E-state index in [0.29, 0.717) is 23.9 Å². The number of nitroso groups, excluding NO2 is 1. The van der Waals surface area contributed by atoms with E-state index < -0.39 is 11.3 Å². The quantitative estimate of drug-likeness (QED) is 0.308. The van der Waals surface area contributed by atoms with Gasteiger partial charge in [0.25, 0.3) is 0 Å². The van der Waals surface area contributed by atoms with Crippen LogP contribution in [0.5, 0.6) is 0 Å². The minimum absolute atomic E-state index is 0.181. The third-order valence-corrected chi connectivity index (χ3v) is 3.96. The van der Waals surface area contributed by atoms with Crippen LogP contribution in [0.4, 0.5) is 0 Å². The first kappa shape index (κ1) is 17.9. The van der Waals surface area contributed by atoms with Crippen molar-refractivity contribution in [2.75, 3.05) is 13.1 Å². The summed E-state index contributed by atoms with van der Waals surface area (Å²) in [4.78, 5) is 27.6. The first-order valence-corrected chi connectivity index (χ1v) is 7.38. The maximum atomic E-state index is 11.6. The Morgan fingerprint density at radius 1 is 1.28 bits per heavy atom. The highest BCUT2D eigenvalue weighted by Crippen LogP contribution is 2.26. The van der Waals surface area contributed by atoms with E-state index >= 15 is 0 Å². The molecule has 11 heteroatoms. The molecule has 0 atom stereocenters. The van der Waals surface area contributed by atoms with Crippen LogP contribution in [-0.4, -0.2) is 28.8 Å². The predicted molar refractivity (Wildman–Crippen MR) is 90.6 cm³/mol. The number of carbonyl (C=O) groups is 1. The molecule has 1 aromatic carbocycles. The Labute approximate surface area is 141 Å². The average Bonchev–Trinajstić information content (AvgIpc) is 3.06. The zero-order chi connectivity index (χ0) is 18.3. The molecular weight excluding hydrogens is 326 g/mol. The molecule has 128 valence electrons. The summed E-state index contributed by atoms with van der Waals surface area (Å²) in [5.74, 6) is -0.846. The highest BCUT2D eigenvalue weighted by Gasteiger charge is 2.23. The first-order valence-electron chi connectivity index (χ1n) is 7.38. The number of aromatic nitrogens is 2. The summed E-state index contributed by atoms with van der Waals surface area (Å²) in [6.45, 7) is 2.67. The fourth-order valence-corrected chi connectivity index (χ4v) is 2.51. The number of nitrogens with zero attached hydrogens (tertiary/aromatic N) is 9. The van der Waals surface area contributed by atoms with Gasteiger partial charge in [0, 0.05) is 40.0 Å². The van der Waals surface area contributed by atoms with Crippen molar-refractivity contribution in [1.29, 1.82) is 0 Å². The molecule has 0 aliphatic carbocycles. The zero-order valence-electron chi connectivity index (χ0n) is 13.5. The lowest BCUT2D eigenvalue weighted by molar-refractivity contribution is 0.100. The lowest BCUT2D eigenvalue weighted by Crippen LogP contribution is -2.26. The Morgan fingerprint density at radius 3 is 2.56 bits per heavy atom. The number of benzene rings is 1. The summed E-state index contributed by atoms with van der Waals surface area (Å²) in [5.41, 5.74) is 17.4. The maximum absolute atomic E-state index is 11.6. The molecule has 0 unspecified atom stereocenters. The number of amides is 1. The lowest BCUT2D eigenvalue weighted by atomic mass is 9.87. The third-order valence-electron chi connectivity index (χ3n) is 3.96. The molecule has 1 heterocycles. The van der Waals surface area contributed by atoms with Crippen LogP contribution in [0.15, 0.2) is 39.8 Å². The number of azide groups is 2. The number of hydrogen-bond donors (Lipinski definition) is 0. The molecule has 25 heavy (non-hydrogen) atoms. The molecule has 11 nitrogen and oxygen atoms in total. The fourth-order valence-electron chi connectivity index (χ4n) is 2.51. The van der Waals surface area contributed by atoms with Gasteiger partial charge in [0.2, 0.25) is 0 Å². The molecule has 1 aromatic heterocycles. The summed E-state index contributed by atoms with van der Waals surface area (Å²) in [6.07, 6.45) is 2.04. The number of fused-ring (bicyclic) bond motifs is 1. The largest absolute Gasteiger partial charge is 0.317 e. The molecule has 1 amide bonds.